The normalized spacial score (nSPS) is 10.5. The van der Waals surface area contributed by atoms with E-state index in [0.29, 0.717) is 30.0 Å². The number of aromatic nitrogens is 1. The van der Waals surface area contributed by atoms with Crippen molar-refractivity contribution >= 4 is 11.7 Å². The minimum absolute atomic E-state index is 0.249. The Balaban J connectivity index is 1.57. The van der Waals surface area contributed by atoms with E-state index in [4.69, 9.17) is 4.42 Å². The highest BCUT2D eigenvalue weighted by molar-refractivity contribution is 5.89. The molecule has 0 fully saturated rings. The van der Waals surface area contributed by atoms with E-state index in [1.54, 1.807) is 25.1 Å². The van der Waals surface area contributed by atoms with Crippen LogP contribution in [0.4, 0.5) is 14.9 Å². The van der Waals surface area contributed by atoms with Gasteiger partial charge in [0.05, 0.1) is 11.3 Å². The highest BCUT2D eigenvalue weighted by Gasteiger charge is 2.14. The Kier molecular flexibility index (Phi) is 5.09. The first-order valence-electron chi connectivity index (χ1n) is 7.94. The minimum atomic E-state index is -0.379. The van der Waals surface area contributed by atoms with Crippen LogP contribution in [0.3, 0.4) is 0 Å². The van der Waals surface area contributed by atoms with E-state index < -0.39 is 0 Å². The molecule has 2 aromatic carbocycles. The number of amides is 2. The van der Waals surface area contributed by atoms with Gasteiger partial charge in [-0.2, -0.15) is 0 Å². The Morgan fingerprint density at radius 3 is 2.60 bits per heavy atom. The van der Waals surface area contributed by atoms with Crippen LogP contribution in [0.2, 0.25) is 0 Å². The Labute approximate surface area is 144 Å². The van der Waals surface area contributed by atoms with Crippen molar-refractivity contribution in [3.8, 4) is 11.5 Å². The molecule has 1 aromatic heterocycles. The summed E-state index contributed by atoms with van der Waals surface area (Å²) >= 11 is 0. The number of anilines is 1. The molecule has 5 nitrogen and oxygen atoms in total. The topological polar surface area (TPSA) is 67.2 Å². The molecule has 0 radical (unpaired) electrons. The number of benzene rings is 2. The molecule has 0 atom stereocenters. The van der Waals surface area contributed by atoms with Gasteiger partial charge in [0.15, 0.2) is 0 Å². The van der Waals surface area contributed by atoms with Crippen LogP contribution >= 0.6 is 0 Å². The van der Waals surface area contributed by atoms with Gasteiger partial charge in [-0.1, -0.05) is 30.3 Å². The van der Waals surface area contributed by atoms with E-state index in [1.165, 1.54) is 6.07 Å². The number of rotatable bonds is 5. The fourth-order valence-electron chi connectivity index (χ4n) is 2.40. The van der Waals surface area contributed by atoms with Gasteiger partial charge in [0, 0.05) is 18.7 Å². The van der Waals surface area contributed by atoms with Gasteiger partial charge >= 0.3 is 6.03 Å². The first kappa shape index (κ1) is 16.7. The van der Waals surface area contributed by atoms with Gasteiger partial charge in [-0.15, -0.1) is 0 Å². The second-order valence-electron chi connectivity index (χ2n) is 5.50. The summed E-state index contributed by atoms with van der Waals surface area (Å²) in [7, 11) is 0. The summed E-state index contributed by atoms with van der Waals surface area (Å²) in [5, 5.41) is 5.50. The monoisotopic (exact) mass is 339 g/mol. The van der Waals surface area contributed by atoms with Crippen molar-refractivity contribution in [1.82, 2.24) is 10.3 Å². The van der Waals surface area contributed by atoms with Crippen molar-refractivity contribution in [2.75, 3.05) is 11.9 Å². The first-order chi connectivity index (χ1) is 12.1. The van der Waals surface area contributed by atoms with Crippen LogP contribution in [0, 0.1) is 12.7 Å². The number of aryl methyl sites for hydroxylation is 1. The molecule has 0 spiro atoms. The summed E-state index contributed by atoms with van der Waals surface area (Å²) in [4.78, 5) is 16.2. The van der Waals surface area contributed by atoms with Crippen molar-refractivity contribution in [3.05, 3.63) is 71.9 Å². The lowest BCUT2D eigenvalue weighted by atomic mass is 10.2. The molecule has 3 rings (SSSR count). The molecule has 2 N–H and O–H groups in total. The predicted octanol–water partition coefficient (Wildman–Crippen LogP) is 4.15. The molecule has 128 valence electrons. The minimum Gasteiger partial charge on any atom is -0.441 e. The smallest absolute Gasteiger partial charge is 0.319 e. The van der Waals surface area contributed by atoms with Gasteiger partial charge in [0.1, 0.15) is 11.6 Å². The molecule has 0 aliphatic rings. The summed E-state index contributed by atoms with van der Waals surface area (Å²) in [6, 6.07) is 15.2. The lowest BCUT2D eigenvalue weighted by Crippen LogP contribution is -2.30. The van der Waals surface area contributed by atoms with Crippen LogP contribution in [0.15, 0.2) is 59.0 Å². The Morgan fingerprint density at radius 1 is 1.12 bits per heavy atom. The maximum atomic E-state index is 13.8. The maximum Gasteiger partial charge on any atom is 0.319 e. The van der Waals surface area contributed by atoms with E-state index in [0.717, 1.165) is 5.69 Å². The standard InChI is InChI=1S/C19H18FN3O2/c1-13-17(23-18(25-13)15-9-5-6-10-16(15)20)11-12-21-19(24)22-14-7-3-2-4-8-14/h2-10H,11-12H2,1H3,(H2,21,22,24). The summed E-state index contributed by atoms with van der Waals surface area (Å²) in [5.41, 5.74) is 1.74. The number of carbonyl (C=O) groups is 1. The van der Waals surface area contributed by atoms with E-state index in [2.05, 4.69) is 15.6 Å². The average Bonchev–Trinajstić information content (AvgIpc) is 2.97. The van der Waals surface area contributed by atoms with Gasteiger partial charge < -0.3 is 15.1 Å². The van der Waals surface area contributed by atoms with Gasteiger partial charge in [-0.25, -0.2) is 14.2 Å². The van der Waals surface area contributed by atoms with Gasteiger partial charge in [0.2, 0.25) is 5.89 Å². The molecule has 6 heteroatoms. The molecule has 0 unspecified atom stereocenters. The van der Waals surface area contributed by atoms with E-state index in [-0.39, 0.29) is 17.7 Å². The van der Waals surface area contributed by atoms with Crippen LogP contribution in [0.25, 0.3) is 11.5 Å². The summed E-state index contributed by atoms with van der Waals surface area (Å²) in [6.45, 7) is 2.17. The lowest BCUT2D eigenvalue weighted by molar-refractivity contribution is 0.252. The maximum absolute atomic E-state index is 13.8. The number of para-hydroxylation sites is 1. The number of nitrogens with one attached hydrogen (secondary N) is 2. The number of oxazole rings is 1. The SMILES string of the molecule is Cc1oc(-c2ccccc2F)nc1CCNC(=O)Nc1ccccc1. The number of nitrogens with zero attached hydrogens (tertiary/aromatic N) is 1. The molecule has 25 heavy (non-hydrogen) atoms. The molecule has 3 aromatic rings. The van der Waals surface area contributed by atoms with Crippen molar-refractivity contribution in [3.63, 3.8) is 0 Å². The second-order valence-corrected chi connectivity index (χ2v) is 5.50. The fraction of sp³-hybridized carbons (Fsp3) is 0.158. The summed E-state index contributed by atoms with van der Waals surface area (Å²) in [5.74, 6) is 0.485. The molecule has 0 saturated carbocycles. The molecule has 0 aliphatic heterocycles. The van der Waals surface area contributed by atoms with Crippen molar-refractivity contribution in [1.29, 1.82) is 0 Å². The summed E-state index contributed by atoms with van der Waals surface area (Å²) < 4.78 is 19.4. The van der Waals surface area contributed by atoms with Crippen molar-refractivity contribution in [2.24, 2.45) is 0 Å². The molecule has 0 saturated heterocycles. The molecule has 0 bridgehead atoms. The molecule has 0 aliphatic carbocycles. The van der Waals surface area contributed by atoms with E-state index in [9.17, 15) is 9.18 Å². The molecule has 2 amide bonds. The second kappa shape index (κ2) is 7.61. The Bertz CT molecular complexity index is 862. The number of carbonyl (C=O) groups excluding carboxylic acids is 1. The third-order valence-electron chi connectivity index (χ3n) is 3.68. The van der Waals surface area contributed by atoms with Crippen molar-refractivity contribution in [2.45, 2.75) is 13.3 Å². The fourth-order valence-corrected chi connectivity index (χ4v) is 2.40. The zero-order valence-corrected chi connectivity index (χ0v) is 13.8. The highest BCUT2D eigenvalue weighted by atomic mass is 19.1. The van der Waals surface area contributed by atoms with Crippen molar-refractivity contribution < 1.29 is 13.6 Å². The largest absolute Gasteiger partial charge is 0.441 e. The number of urea groups is 1. The van der Waals surface area contributed by atoms with E-state index in [1.807, 2.05) is 30.3 Å². The van der Waals surface area contributed by atoms with Crippen LogP contribution in [-0.2, 0) is 6.42 Å². The van der Waals surface area contributed by atoms with Crippen LogP contribution in [0.5, 0.6) is 0 Å². The highest BCUT2D eigenvalue weighted by Crippen LogP contribution is 2.24. The Hall–Kier alpha value is -3.15. The van der Waals surface area contributed by atoms with Crippen LogP contribution in [-0.4, -0.2) is 17.6 Å². The number of halogens is 1. The summed E-state index contributed by atoms with van der Waals surface area (Å²) in [6.07, 6.45) is 0.492. The lowest BCUT2D eigenvalue weighted by Gasteiger charge is -2.06. The molecule has 1 heterocycles. The third-order valence-corrected chi connectivity index (χ3v) is 3.68. The molecular weight excluding hydrogens is 321 g/mol. The van der Waals surface area contributed by atoms with E-state index >= 15 is 0 Å². The zero-order valence-electron chi connectivity index (χ0n) is 13.8. The Morgan fingerprint density at radius 2 is 1.84 bits per heavy atom. The third kappa shape index (κ3) is 4.23. The first-order valence-corrected chi connectivity index (χ1v) is 7.94. The average molecular weight is 339 g/mol. The van der Waals surface area contributed by atoms with Gasteiger partial charge in [-0.05, 0) is 31.2 Å². The quantitative estimate of drug-likeness (QED) is 0.734. The predicted molar refractivity (Wildman–Crippen MR) is 93.8 cm³/mol. The van der Waals surface area contributed by atoms with Crippen LogP contribution in [0.1, 0.15) is 11.5 Å². The van der Waals surface area contributed by atoms with Crippen LogP contribution < -0.4 is 10.6 Å². The van der Waals surface area contributed by atoms with Gasteiger partial charge in [0.25, 0.3) is 0 Å². The van der Waals surface area contributed by atoms with Gasteiger partial charge in [-0.3, -0.25) is 0 Å². The number of hydrogen-bond acceptors (Lipinski definition) is 3. The number of hydrogen-bond donors (Lipinski definition) is 2. The molecular formula is C19H18FN3O2. The zero-order chi connectivity index (χ0) is 17.6.